The van der Waals surface area contributed by atoms with Gasteiger partial charge in [-0.3, -0.25) is 0 Å². The molecule has 2 rings (SSSR count). The van der Waals surface area contributed by atoms with Crippen molar-refractivity contribution in [2.45, 2.75) is 6.92 Å². The number of carboxylic acid groups (broad SMARTS) is 1. The van der Waals surface area contributed by atoms with Gasteiger partial charge in [-0.2, -0.15) is 11.8 Å². The van der Waals surface area contributed by atoms with E-state index in [2.05, 4.69) is 5.32 Å². The van der Waals surface area contributed by atoms with Crippen LogP contribution >= 0.6 is 11.8 Å². The van der Waals surface area contributed by atoms with Crippen molar-refractivity contribution in [3.8, 4) is 0 Å². The van der Waals surface area contributed by atoms with Crippen LogP contribution in [0.15, 0.2) is 18.2 Å². The number of carbonyl (C=O) groups is 2. The number of anilines is 1. The second kappa shape index (κ2) is 5.97. The van der Waals surface area contributed by atoms with E-state index in [1.165, 1.54) is 6.07 Å². The highest BCUT2D eigenvalue weighted by Crippen LogP contribution is 2.20. The fourth-order valence-electron chi connectivity index (χ4n) is 1.96. The predicted octanol–water partition coefficient (Wildman–Crippen LogP) is 2.27. The third kappa shape index (κ3) is 3.20. The van der Waals surface area contributed by atoms with Gasteiger partial charge in [0.1, 0.15) is 0 Å². The summed E-state index contributed by atoms with van der Waals surface area (Å²) in [5.74, 6) is 0.909. The molecule has 19 heavy (non-hydrogen) atoms. The average Bonchev–Trinajstić information content (AvgIpc) is 2.41. The van der Waals surface area contributed by atoms with Gasteiger partial charge in [-0.25, -0.2) is 9.59 Å². The van der Waals surface area contributed by atoms with Gasteiger partial charge >= 0.3 is 12.0 Å². The number of hydrogen-bond acceptors (Lipinski definition) is 3. The molecule has 0 saturated carbocycles. The largest absolute Gasteiger partial charge is 0.478 e. The monoisotopic (exact) mass is 280 g/mol. The van der Waals surface area contributed by atoms with Gasteiger partial charge in [-0.1, -0.05) is 6.07 Å². The first kappa shape index (κ1) is 13.7. The van der Waals surface area contributed by atoms with Crippen LogP contribution in [0.1, 0.15) is 15.9 Å². The Morgan fingerprint density at radius 2 is 2.00 bits per heavy atom. The number of thioether (sulfide) groups is 1. The number of carboxylic acids is 1. The summed E-state index contributed by atoms with van der Waals surface area (Å²) >= 11 is 1.83. The highest BCUT2D eigenvalue weighted by Gasteiger charge is 2.18. The van der Waals surface area contributed by atoms with Gasteiger partial charge in [0.15, 0.2) is 0 Å². The van der Waals surface area contributed by atoms with Crippen molar-refractivity contribution in [3.63, 3.8) is 0 Å². The number of nitrogens with one attached hydrogen (secondary N) is 1. The molecule has 2 amide bonds. The van der Waals surface area contributed by atoms with Crippen LogP contribution in [-0.2, 0) is 0 Å². The zero-order valence-electron chi connectivity index (χ0n) is 10.7. The van der Waals surface area contributed by atoms with Gasteiger partial charge in [0.25, 0.3) is 0 Å². The predicted molar refractivity (Wildman–Crippen MR) is 76.1 cm³/mol. The number of nitrogens with zero attached hydrogens (tertiary/aromatic N) is 1. The van der Waals surface area contributed by atoms with E-state index in [0.29, 0.717) is 11.3 Å². The Balaban J connectivity index is 2.12. The molecule has 1 fully saturated rings. The number of urea groups is 1. The van der Waals surface area contributed by atoms with Crippen molar-refractivity contribution in [1.29, 1.82) is 0 Å². The highest BCUT2D eigenvalue weighted by molar-refractivity contribution is 7.99. The van der Waals surface area contributed by atoms with E-state index in [1.807, 2.05) is 11.8 Å². The van der Waals surface area contributed by atoms with Crippen molar-refractivity contribution < 1.29 is 14.7 Å². The molecule has 0 radical (unpaired) electrons. The van der Waals surface area contributed by atoms with Gasteiger partial charge in [0.2, 0.25) is 0 Å². The van der Waals surface area contributed by atoms with Crippen LogP contribution < -0.4 is 5.32 Å². The van der Waals surface area contributed by atoms with Crippen LogP contribution in [0.4, 0.5) is 10.5 Å². The maximum Gasteiger partial charge on any atom is 0.336 e. The molecular weight excluding hydrogens is 264 g/mol. The summed E-state index contributed by atoms with van der Waals surface area (Å²) in [5, 5.41) is 11.8. The summed E-state index contributed by atoms with van der Waals surface area (Å²) in [6.07, 6.45) is 0. The van der Waals surface area contributed by atoms with E-state index in [4.69, 9.17) is 5.11 Å². The third-order valence-electron chi connectivity index (χ3n) is 3.10. The minimum absolute atomic E-state index is 0.161. The Kier molecular flexibility index (Phi) is 4.31. The van der Waals surface area contributed by atoms with E-state index in [-0.39, 0.29) is 11.6 Å². The van der Waals surface area contributed by atoms with Gasteiger partial charge in [0.05, 0.1) is 5.56 Å². The van der Waals surface area contributed by atoms with E-state index < -0.39 is 5.97 Å². The highest BCUT2D eigenvalue weighted by atomic mass is 32.2. The number of benzene rings is 1. The number of amides is 2. The smallest absolute Gasteiger partial charge is 0.336 e. The minimum Gasteiger partial charge on any atom is -0.478 e. The SMILES string of the molecule is Cc1c(NC(=O)N2CCSCC2)cccc1C(=O)O. The fraction of sp³-hybridized carbons (Fsp3) is 0.385. The fourth-order valence-corrected chi connectivity index (χ4v) is 2.87. The maximum absolute atomic E-state index is 12.1. The number of hydrogen-bond donors (Lipinski definition) is 2. The Hall–Kier alpha value is -1.69. The lowest BCUT2D eigenvalue weighted by Gasteiger charge is -2.27. The summed E-state index contributed by atoms with van der Waals surface area (Å²) in [4.78, 5) is 24.8. The van der Waals surface area contributed by atoms with E-state index in [0.717, 1.165) is 24.6 Å². The lowest BCUT2D eigenvalue weighted by atomic mass is 10.1. The molecular formula is C13H16N2O3S. The van der Waals surface area contributed by atoms with Gasteiger partial charge in [-0.05, 0) is 24.6 Å². The quantitative estimate of drug-likeness (QED) is 0.872. The van der Waals surface area contributed by atoms with Crippen molar-refractivity contribution in [3.05, 3.63) is 29.3 Å². The Bertz CT molecular complexity index is 499. The second-order valence-electron chi connectivity index (χ2n) is 4.31. The van der Waals surface area contributed by atoms with Crippen LogP contribution in [0, 0.1) is 6.92 Å². The second-order valence-corrected chi connectivity index (χ2v) is 5.54. The molecule has 0 bridgehead atoms. The summed E-state index contributed by atoms with van der Waals surface area (Å²) in [6, 6.07) is 4.73. The number of carbonyl (C=O) groups excluding carboxylic acids is 1. The molecule has 1 aliphatic heterocycles. The van der Waals surface area contributed by atoms with Crippen LogP contribution in [0.5, 0.6) is 0 Å². The summed E-state index contributed by atoms with van der Waals surface area (Å²) in [6.45, 7) is 3.16. The normalized spacial score (nSPS) is 15.1. The summed E-state index contributed by atoms with van der Waals surface area (Å²) in [5.41, 5.74) is 1.35. The third-order valence-corrected chi connectivity index (χ3v) is 4.05. The first-order valence-corrected chi connectivity index (χ1v) is 7.21. The van der Waals surface area contributed by atoms with Gasteiger partial charge < -0.3 is 15.3 Å². The van der Waals surface area contributed by atoms with Crippen molar-refractivity contribution >= 4 is 29.4 Å². The molecule has 0 aromatic heterocycles. The van der Waals surface area contributed by atoms with Crippen LogP contribution in [0.25, 0.3) is 0 Å². The van der Waals surface area contributed by atoms with Gasteiger partial charge in [-0.15, -0.1) is 0 Å². The molecule has 6 heteroatoms. The van der Waals surface area contributed by atoms with E-state index in [1.54, 1.807) is 24.0 Å². The molecule has 0 spiro atoms. The molecule has 0 atom stereocenters. The van der Waals surface area contributed by atoms with Crippen LogP contribution in [0.2, 0.25) is 0 Å². The Morgan fingerprint density at radius 3 is 2.63 bits per heavy atom. The van der Waals surface area contributed by atoms with Crippen molar-refractivity contribution in [1.82, 2.24) is 4.90 Å². The first-order chi connectivity index (χ1) is 9.09. The number of aromatic carboxylic acids is 1. The van der Waals surface area contributed by atoms with Crippen LogP contribution in [-0.4, -0.2) is 46.6 Å². The lowest BCUT2D eigenvalue weighted by Crippen LogP contribution is -2.40. The number of rotatable bonds is 2. The van der Waals surface area contributed by atoms with Crippen LogP contribution in [0.3, 0.4) is 0 Å². The van der Waals surface area contributed by atoms with E-state index >= 15 is 0 Å². The maximum atomic E-state index is 12.1. The lowest BCUT2D eigenvalue weighted by molar-refractivity contribution is 0.0696. The first-order valence-electron chi connectivity index (χ1n) is 6.06. The zero-order chi connectivity index (χ0) is 13.8. The topological polar surface area (TPSA) is 69.6 Å². The van der Waals surface area contributed by atoms with Crippen molar-refractivity contribution in [2.75, 3.05) is 29.9 Å². The average molecular weight is 280 g/mol. The molecule has 102 valence electrons. The van der Waals surface area contributed by atoms with Gasteiger partial charge in [0, 0.05) is 30.3 Å². The Morgan fingerprint density at radius 1 is 1.32 bits per heavy atom. The van der Waals surface area contributed by atoms with E-state index in [9.17, 15) is 9.59 Å². The molecule has 0 unspecified atom stereocenters. The Labute approximate surface area is 116 Å². The van der Waals surface area contributed by atoms with Crippen molar-refractivity contribution in [2.24, 2.45) is 0 Å². The molecule has 1 aliphatic rings. The standard InChI is InChI=1S/C13H16N2O3S/c1-9-10(12(16)17)3-2-4-11(9)14-13(18)15-5-7-19-8-6-15/h2-4H,5-8H2,1H3,(H,14,18)(H,16,17). The molecule has 2 N–H and O–H groups in total. The molecule has 1 aromatic rings. The molecule has 1 saturated heterocycles. The summed E-state index contributed by atoms with van der Waals surface area (Å²) < 4.78 is 0. The molecule has 5 nitrogen and oxygen atoms in total. The molecule has 1 aromatic carbocycles. The molecule has 0 aliphatic carbocycles. The molecule has 1 heterocycles. The zero-order valence-corrected chi connectivity index (χ0v) is 11.5. The summed E-state index contributed by atoms with van der Waals surface area (Å²) in [7, 11) is 0. The minimum atomic E-state index is -0.983.